The Morgan fingerprint density at radius 2 is 2.00 bits per heavy atom. The van der Waals surface area contributed by atoms with Crippen LogP contribution < -0.4 is 15.0 Å². The topological polar surface area (TPSA) is 67.3 Å². The predicted octanol–water partition coefficient (Wildman–Crippen LogP) is 2.15. The van der Waals surface area contributed by atoms with E-state index in [1.54, 1.807) is 44.6 Å². The number of hydrogen-bond donors (Lipinski definition) is 1. The van der Waals surface area contributed by atoms with E-state index in [-0.39, 0.29) is 6.03 Å². The van der Waals surface area contributed by atoms with E-state index in [0.717, 1.165) is 11.4 Å². The van der Waals surface area contributed by atoms with E-state index in [9.17, 15) is 4.79 Å². The zero-order valence-electron chi connectivity index (χ0n) is 10.7. The lowest BCUT2D eigenvalue weighted by Crippen LogP contribution is -2.31. The molecule has 98 valence electrons. The molecule has 2 aromatic rings. The lowest BCUT2D eigenvalue weighted by molar-refractivity contribution is 0.258. The van der Waals surface area contributed by atoms with Crippen LogP contribution in [0.4, 0.5) is 16.3 Å². The number of hydrogen-bond acceptors (Lipinski definition) is 4. The number of ether oxygens (including phenoxy) is 1. The molecule has 1 heterocycles. The Morgan fingerprint density at radius 1 is 1.26 bits per heavy atom. The van der Waals surface area contributed by atoms with Gasteiger partial charge in [-0.25, -0.2) is 9.78 Å². The fourth-order valence-corrected chi connectivity index (χ4v) is 1.48. The summed E-state index contributed by atoms with van der Waals surface area (Å²) in [7, 11) is 3.27. The lowest BCUT2D eigenvalue weighted by atomic mass is 10.3. The zero-order valence-corrected chi connectivity index (χ0v) is 10.7. The molecule has 0 aliphatic carbocycles. The van der Waals surface area contributed by atoms with Gasteiger partial charge in [-0.15, -0.1) is 0 Å². The van der Waals surface area contributed by atoms with E-state index in [0.29, 0.717) is 5.82 Å². The minimum atomic E-state index is -0.286. The average Bonchev–Trinajstić information content (AvgIpc) is 2.47. The number of benzene rings is 1. The van der Waals surface area contributed by atoms with Crippen LogP contribution in [0, 0.1) is 0 Å². The Balaban J connectivity index is 2.06. The Bertz CT molecular complexity index is 542. The van der Waals surface area contributed by atoms with Crippen LogP contribution in [0.5, 0.6) is 5.75 Å². The minimum absolute atomic E-state index is 0.286. The van der Waals surface area contributed by atoms with Crippen LogP contribution in [0.2, 0.25) is 0 Å². The number of nitrogens with zero attached hydrogens (tertiary/aromatic N) is 3. The van der Waals surface area contributed by atoms with Crippen molar-refractivity contribution in [3.63, 3.8) is 0 Å². The molecule has 19 heavy (non-hydrogen) atoms. The molecule has 0 saturated heterocycles. The molecular weight excluding hydrogens is 244 g/mol. The number of rotatable bonds is 3. The van der Waals surface area contributed by atoms with Gasteiger partial charge in [0, 0.05) is 25.1 Å². The Hall–Kier alpha value is -2.63. The second kappa shape index (κ2) is 5.81. The first-order chi connectivity index (χ1) is 9.20. The van der Waals surface area contributed by atoms with Gasteiger partial charge in [0.2, 0.25) is 0 Å². The van der Waals surface area contributed by atoms with E-state index in [1.165, 1.54) is 17.3 Å². The Morgan fingerprint density at radius 3 is 2.58 bits per heavy atom. The van der Waals surface area contributed by atoms with Gasteiger partial charge in [0.15, 0.2) is 5.82 Å². The van der Waals surface area contributed by atoms with Crippen molar-refractivity contribution in [3.05, 3.63) is 42.9 Å². The van der Waals surface area contributed by atoms with Crippen molar-refractivity contribution < 1.29 is 9.53 Å². The van der Waals surface area contributed by atoms with Crippen LogP contribution in [0.3, 0.4) is 0 Å². The smallest absolute Gasteiger partial charge is 0.327 e. The van der Waals surface area contributed by atoms with Gasteiger partial charge < -0.3 is 4.74 Å². The molecule has 0 saturated carbocycles. The Labute approximate surface area is 111 Å². The maximum Gasteiger partial charge on any atom is 0.327 e. The van der Waals surface area contributed by atoms with Crippen LogP contribution in [0.25, 0.3) is 0 Å². The number of amides is 2. The van der Waals surface area contributed by atoms with Crippen molar-refractivity contribution in [2.45, 2.75) is 0 Å². The quantitative estimate of drug-likeness (QED) is 0.916. The van der Waals surface area contributed by atoms with Crippen molar-refractivity contribution in [1.82, 2.24) is 9.97 Å². The van der Waals surface area contributed by atoms with Gasteiger partial charge in [-0.2, -0.15) is 0 Å². The van der Waals surface area contributed by atoms with E-state index >= 15 is 0 Å². The fraction of sp³-hybridized carbons (Fsp3) is 0.154. The fourth-order valence-electron chi connectivity index (χ4n) is 1.48. The molecule has 0 aliphatic heterocycles. The molecule has 0 bridgehead atoms. The monoisotopic (exact) mass is 258 g/mol. The number of nitrogens with one attached hydrogen (secondary N) is 1. The van der Waals surface area contributed by atoms with Crippen LogP contribution in [-0.4, -0.2) is 30.2 Å². The highest BCUT2D eigenvalue weighted by atomic mass is 16.5. The van der Waals surface area contributed by atoms with Crippen molar-refractivity contribution >= 4 is 17.5 Å². The molecule has 1 N–H and O–H groups in total. The summed E-state index contributed by atoms with van der Waals surface area (Å²) in [6, 6.07) is 6.90. The maximum atomic E-state index is 12.0. The van der Waals surface area contributed by atoms with Crippen LogP contribution in [-0.2, 0) is 0 Å². The first kappa shape index (κ1) is 12.8. The number of anilines is 2. The van der Waals surface area contributed by atoms with Gasteiger partial charge in [0.1, 0.15) is 5.75 Å². The summed E-state index contributed by atoms with van der Waals surface area (Å²) < 4.78 is 5.07. The number of urea groups is 1. The summed E-state index contributed by atoms with van der Waals surface area (Å²) in [6.45, 7) is 0. The molecule has 1 aromatic heterocycles. The van der Waals surface area contributed by atoms with Crippen molar-refractivity contribution in [2.24, 2.45) is 0 Å². The highest BCUT2D eigenvalue weighted by Crippen LogP contribution is 2.18. The van der Waals surface area contributed by atoms with Gasteiger partial charge in [0.05, 0.1) is 13.3 Å². The third kappa shape index (κ3) is 3.19. The average molecular weight is 258 g/mol. The SMILES string of the molecule is COc1ccc(N(C)C(=O)Nc2cnccn2)cc1. The van der Waals surface area contributed by atoms with Crippen molar-refractivity contribution in [1.29, 1.82) is 0 Å². The van der Waals surface area contributed by atoms with E-state index in [1.807, 2.05) is 0 Å². The minimum Gasteiger partial charge on any atom is -0.497 e. The first-order valence-electron chi connectivity index (χ1n) is 5.65. The third-order valence-corrected chi connectivity index (χ3v) is 2.56. The van der Waals surface area contributed by atoms with Crippen molar-refractivity contribution in [2.75, 3.05) is 24.4 Å². The molecule has 0 aliphatic rings. The lowest BCUT2D eigenvalue weighted by Gasteiger charge is -2.17. The van der Waals surface area contributed by atoms with Gasteiger partial charge >= 0.3 is 6.03 Å². The standard InChI is InChI=1S/C13H14N4O2/c1-17(10-3-5-11(19-2)6-4-10)13(18)16-12-9-14-7-8-15-12/h3-9H,1-2H3,(H,15,16,18). The summed E-state index contributed by atoms with van der Waals surface area (Å²) in [5.74, 6) is 1.15. The number of carbonyl (C=O) groups excluding carboxylic acids is 1. The number of methoxy groups -OCH3 is 1. The molecule has 0 spiro atoms. The molecular formula is C13H14N4O2. The highest BCUT2D eigenvalue weighted by molar-refractivity contribution is 6.00. The number of aromatic nitrogens is 2. The second-order valence-electron chi connectivity index (χ2n) is 3.78. The highest BCUT2D eigenvalue weighted by Gasteiger charge is 2.11. The Kier molecular flexibility index (Phi) is 3.92. The summed E-state index contributed by atoms with van der Waals surface area (Å²) in [4.78, 5) is 21.3. The molecule has 2 rings (SSSR count). The van der Waals surface area contributed by atoms with Gasteiger partial charge in [0.25, 0.3) is 0 Å². The third-order valence-electron chi connectivity index (χ3n) is 2.56. The summed E-state index contributed by atoms with van der Waals surface area (Å²) in [5.41, 5.74) is 0.752. The van der Waals surface area contributed by atoms with Crippen molar-refractivity contribution in [3.8, 4) is 5.75 Å². The summed E-state index contributed by atoms with van der Waals surface area (Å²) in [5, 5.41) is 2.65. The van der Waals surface area contributed by atoms with Gasteiger partial charge in [-0.3, -0.25) is 15.2 Å². The number of carbonyl (C=O) groups is 1. The second-order valence-corrected chi connectivity index (χ2v) is 3.78. The van der Waals surface area contributed by atoms with E-state index < -0.39 is 0 Å². The van der Waals surface area contributed by atoms with Crippen LogP contribution in [0.1, 0.15) is 0 Å². The van der Waals surface area contributed by atoms with Gasteiger partial charge in [-0.05, 0) is 24.3 Å². The molecule has 6 nitrogen and oxygen atoms in total. The van der Waals surface area contributed by atoms with E-state index in [4.69, 9.17) is 4.74 Å². The molecule has 0 radical (unpaired) electrons. The van der Waals surface area contributed by atoms with Gasteiger partial charge in [-0.1, -0.05) is 0 Å². The molecule has 6 heteroatoms. The molecule has 0 atom stereocenters. The molecule has 0 unspecified atom stereocenters. The molecule has 0 fully saturated rings. The first-order valence-corrected chi connectivity index (χ1v) is 5.65. The van der Waals surface area contributed by atoms with E-state index in [2.05, 4.69) is 15.3 Å². The summed E-state index contributed by atoms with van der Waals surface area (Å²) in [6.07, 6.45) is 4.55. The summed E-state index contributed by atoms with van der Waals surface area (Å²) >= 11 is 0. The normalized spacial score (nSPS) is 9.79. The largest absolute Gasteiger partial charge is 0.497 e. The maximum absolute atomic E-state index is 12.0. The van der Waals surface area contributed by atoms with Crippen LogP contribution in [0.15, 0.2) is 42.9 Å². The zero-order chi connectivity index (χ0) is 13.7. The molecule has 2 amide bonds. The molecule has 1 aromatic carbocycles. The predicted molar refractivity (Wildman–Crippen MR) is 72.4 cm³/mol. The van der Waals surface area contributed by atoms with Crippen LogP contribution >= 0.6 is 0 Å².